The number of allylic oxidation sites excluding steroid dienone is 1. The molecule has 0 radical (unpaired) electrons. The molecule has 2 aromatic carbocycles. The summed E-state index contributed by atoms with van der Waals surface area (Å²) in [5, 5.41) is 16.8. The van der Waals surface area contributed by atoms with Crippen molar-refractivity contribution in [3.05, 3.63) is 64.7 Å². The summed E-state index contributed by atoms with van der Waals surface area (Å²) in [6.07, 6.45) is 3.66. The average Bonchev–Trinajstić information content (AvgIpc) is 2.61. The first-order valence-corrected chi connectivity index (χ1v) is 8.78. The van der Waals surface area contributed by atoms with Crippen LogP contribution in [0.5, 0.6) is 11.5 Å². The summed E-state index contributed by atoms with van der Waals surface area (Å²) >= 11 is 3.33. The number of benzene rings is 2. The number of nitrogens with zero attached hydrogens (tertiary/aromatic N) is 1. The minimum absolute atomic E-state index is 0.0878. The molecule has 3 N–H and O–H groups in total. The number of hydrazone groups is 1. The molecule has 2 aromatic rings. The van der Waals surface area contributed by atoms with Gasteiger partial charge in [0.15, 0.2) is 11.5 Å². The highest BCUT2D eigenvalue weighted by Gasteiger charge is 2.09. The number of anilines is 1. The third-order valence-electron chi connectivity index (χ3n) is 3.32. The number of nitrogens with one attached hydrogen (secondary N) is 2. The van der Waals surface area contributed by atoms with Gasteiger partial charge in [0, 0.05) is 15.7 Å². The molecule has 0 heterocycles. The van der Waals surface area contributed by atoms with Crippen molar-refractivity contribution < 1.29 is 14.6 Å². The number of amides is 2. The standard InChI is InChI=1S/C19H20BrN3O3/c1-3-5-14-10-13(11-17(18(14)24)26-4-2)12-21-23-19(25)22-16-8-6-15(20)7-9-16/h3,6-12,24H,1,4-5H2,2H3,(H2,22,23,25). The number of phenolic OH excluding ortho intramolecular Hbond substituents is 1. The summed E-state index contributed by atoms with van der Waals surface area (Å²) in [5.41, 5.74) is 4.41. The molecule has 0 unspecified atom stereocenters. The lowest BCUT2D eigenvalue weighted by Crippen LogP contribution is -2.24. The fraction of sp³-hybridized carbons (Fsp3) is 0.158. The van der Waals surface area contributed by atoms with E-state index in [1.807, 2.05) is 19.1 Å². The third kappa shape index (κ3) is 5.63. The second-order valence-electron chi connectivity index (χ2n) is 5.28. The van der Waals surface area contributed by atoms with Gasteiger partial charge in [0.2, 0.25) is 0 Å². The van der Waals surface area contributed by atoms with E-state index in [-0.39, 0.29) is 5.75 Å². The Bertz CT molecular complexity index is 804. The Hall–Kier alpha value is -2.80. The van der Waals surface area contributed by atoms with Gasteiger partial charge in [-0.1, -0.05) is 22.0 Å². The van der Waals surface area contributed by atoms with Crippen LogP contribution in [0.25, 0.3) is 0 Å². The van der Waals surface area contributed by atoms with Crippen molar-refractivity contribution in [3.8, 4) is 11.5 Å². The second kappa shape index (κ2) is 9.62. The average molecular weight is 418 g/mol. The number of carbonyl (C=O) groups is 1. The van der Waals surface area contributed by atoms with Gasteiger partial charge in [0.1, 0.15) is 0 Å². The highest BCUT2D eigenvalue weighted by atomic mass is 79.9. The molecule has 0 aliphatic carbocycles. The molecule has 0 saturated carbocycles. The zero-order valence-electron chi connectivity index (χ0n) is 14.3. The lowest BCUT2D eigenvalue weighted by Gasteiger charge is -2.10. The molecule has 136 valence electrons. The van der Waals surface area contributed by atoms with E-state index in [0.29, 0.717) is 35.6 Å². The van der Waals surface area contributed by atoms with Crippen molar-refractivity contribution in [3.63, 3.8) is 0 Å². The van der Waals surface area contributed by atoms with E-state index in [4.69, 9.17) is 4.74 Å². The van der Waals surface area contributed by atoms with Crippen LogP contribution < -0.4 is 15.5 Å². The van der Waals surface area contributed by atoms with Crippen molar-refractivity contribution in [2.24, 2.45) is 5.10 Å². The van der Waals surface area contributed by atoms with Gasteiger partial charge in [0.25, 0.3) is 0 Å². The lowest BCUT2D eigenvalue weighted by atomic mass is 10.1. The summed E-state index contributed by atoms with van der Waals surface area (Å²) in [7, 11) is 0. The first-order chi connectivity index (χ1) is 12.5. The molecule has 2 rings (SSSR count). The Morgan fingerprint density at radius 1 is 1.35 bits per heavy atom. The van der Waals surface area contributed by atoms with Crippen molar-refractivity contribution in [1.29, 1.82) is 0 Å². The molecule has 0 aliphatic rings. The first kappa shape index (κ1) is 19.5. The number of halogens is 1. The number of hydrogen-bond donors (Lipinski definition) is 3. The maximum absolute atomic E-state index is 11.9. The van der Waals surface area contributed by atoms with E-state index in [1.165, 1.54) is 6.21 Å². The predicted molar refractivity (Wildman–Crippen MR) is 107 cm³/mol. The van der Waals surface area contributed by atoms with E-state index in [0.717, 1.165) is 4.47 Å². The van der Waals surface area contributed by atoms with Crippen molar-refractivity contribution >= 4 is 33.9 Å². The third-order valence-corrected chi connectivity index (χ3v) is 3.85. The van der Waals surface area contributed by atoms with Gasteiger partial charge < -0.3 is 15.2 Å². The molecular weight excluding hydrogens is 398 g/mol. The molecule has 0 saturated heterocycles. The highest BCUT2D eigenvalue weighted by Crippen LogP contribution is 2.31. The topological polar surface area (TPSA) is 83.0 Å². The smallest absolute Gasteiger partial charge is 0.339 e. The van der Waals surface area contributed by atoms with E-state index in [2.05, 4.69) is 38.4 Å². The summed E-state index contributed by atoms with van der Waals surface area (Å²) in [6.45, 7) is 5.94. The number of rotatable bonds is 7. The van der Waals surface area contributed by atoms with E-state index >= 15 is 0 Å². The molecule has 0 bridgehead atoms. The molecule has 26 heavy (non-hydrogen) atoms. The highest BCUT2D eigenvalue weighted by molar-refractivity contribution is 9.10. The van der Waals surface area contributed by atoms with Crippen LogP contribution in [0.3, 0.4) is 0 Å². The quantitative estimate of drug-likeness (QED) is 0.353. The van der Waals surface area contributed by atoms with Crippen molar-refractivity contribution in [2.75, 3.05) is 11.9 Å². The Balaban J connectivity index is 2.05. The molecule has 0 aliphatic heterocycles. The Kier molecular flexibility index (Phi) is 7.23. The fourth-order valence-electron chi connectivity index (χ4n) is 2.20. The normalized spacial score (nSPS) is 10.5. The van der Waals surface area contributed by atoms with Crippen LogP contribution in [0, 0.1) is 0 Å². The van der Waals surface area contributed by atoms with Crippen molar-refractivity contribution in [2.45, 2.75) is 13.3 Å². The monoisotopic (exact) mass is 417 g/mol. The van der Waals surface area contributed by atoms with Gasteiger partial charge in [0.05, 0.1) is 12.8 Å². The van der Waals surface area contributed by atoms with Crippen LogP contribution in [0.1, 0.15) is 18.1 Å². The molecular formula is C19H20BrN3O3. The predicted octanol–water partition coefficient (Wildman–Crippen LogP) is 4.44. The molecule has 6 nitrogen and oxygen atoms in total. The van der Waals surface area contributed by atoms with Gasteiger partial charge in [-0.2, -0.15) is 5.10 Å². The van der Waals surface area contributed by atoms with Gasteiger partial charge in [-0.3, -0.25) is 0 Å². The molecule has 0 aromatic heterocycles. The summed E-state index contributed by atoms with van der Waals surface area (Å²) in [6, 6.07) is 10.1. The van der Waals surface area contributed by atoms with Crippen LogP contribution in [-0.4, -0.2) is 24.0 Å². The first-order valence-electron chi connectivity index (χ1n) is 7.98. The maximum atomic E-state index is 11.9. The number of ether oxygens (including phenoxy) is 1. The van der Waals surface area contributed by atoms with Crippen LogP contribution in [0.2, 0.25) is 0 Å². The Morgan fingerprint density at radius 3 is 2.73 bits per heavy atom. The molecule has 0 spiro atoms. The van der Waals surface area contributed by atoms with Gasteiger partial charge in [-0.15, -0.1) is 6.58 Å². The molecule has 0 atom stereocenters. The summed E-state index contributed by atoms with van der Waals surface area (Å²) in [4.78, 5) is 11.9. The number of hydrogen-bond acceptors (Lipinski definition) is 4. The summed E-state index contributed by atoms with van der Waals surface area (Å²) in [5.74, 6) is 0.456. The molecule has 2 amide bonds. The van der Waals surface area contributed by atoms with Gasteiger partial charge in [-0.25, -0.2) is 10.2 Å². The maximum Gasteiger partial charge on any atom is 0.339 e. The van der Waals surface area contributed by atoms with Crippen LogP contribution in [0.15, 0.2) is 58.6 Å². The SMILES string of the molecule is C=CCc1cc(C=NNC(=O)Nc2ccc(Br)cc2)cc(OCC)c1O. The number of carbonyl (C=O) groups excluding carboxylic acids is 1. The van der Waals surface area contributed by atoms with E-state index in [9.17, 15) is 9.90 Å². The largest absolute Gasteiger partial charge is 0.504 e. The molecule has 0 fully saturated rings. The number of aromatic hydroxyl groups is 1. The van der Waals surface area contributed by atoms with E-state index < -0.39 is 6.03 Å². The van der Waals surface area contributed by atoms with Crippen LogP contribution in [-0.2, 0) is 6.42 Å². The van der Waals surface area contributed by atoms with Crippen LogP contribution >= 0.6 is 15.9 Å². The molecule has 7 heteroatoms. The Morgan fingerprint density at radius 2 is 2.08 bits per heavy atom. The number of urea groups is 1. The second-order valence-corrected chi connectivity index (χ2v) is 6.20. The van der Waals surface area contributed by atoms with Crippen molar-refractivity contribution in [1.82, 2.24) is 5.43 Å². The fourth-order valence-corrected chi connectivity index (χ4v) is 2.46. The van der Waals surface area contributed by atoms with Crippen LogP contribution in [0.4, 0.5) is 10.5 Å². The summed E-state index contributed by atoms with van der Waals surface area (Å²) < 4.78 is 6.36. The van der Waals surface area contributed by atoms with E-state index in [1.54, 1.807) is 30.3 Å². The van der Waals surface area contributed by atoms with Gasteiger partial charge in [-0.05, 0) is 55.3 Å². The minimum atomic E-state index is -0.460. The minimum Gasteiger partial charge on any atom is -0.504 e. The van der Waals surface area contributed by atoms with Gasteiger partial charge >= 0.3 is 6.03 Å². The lowest BCUT2D eigenvalue weighted by molar-refractivity contribution is 0.252. The zero-order valence-corrected chi connectivity index (χ0v) is 15.9. The number of phenols is 1. The Labute approximate surface area is 160 Å². The zero-order chi connectivity index (χ0) is 18.9.